The van der Waals surface area contributed by atoms with E-state index in [2.05, 4.69) is 10.3 Å². The van der Waals surface area contributed by atoms with Crippen molar-refractivity contribution >= 4 is 29.2 Å². The number of aliphatic carboxylic acids is 1. The Labute approximate surface area is 174 Å². The van der Waals surface area contributed by atoms with Crippen molar-refractivity contribution in [3.63, 3.8) is 0 Å². The highest BCUT2D eigenvalue weighted by Crippen LogP contribution is 2.37. The molecule has 0 unspecified atom stereocenters. The van der Waals surface area contributed by atoms with Gasteiger partial charge >= 0.3 is 5.97 Å². The van der Waals surface area contributed by atoms with Gasteiger partial charge in [0, 0.05) is 29.1 Å². The summed E-state index contributed by atoms with van der Waals surface area (Å²) in [4.78, 5) is 26.8. The number of carbonyl (C=O) groups is 2. The molecule has 0 radical (unpaired) electrons. The van der Waals surface area contributed by atoms with Gasteiger partial charge in [0.2, 0.25) is 0 Å². The van der Waals surface area contributed by atoms with Crippen molar-refractivity contribution in [3.05, 3.63) is 71.0 Å². The molecular formula is C24H22N2O4. The number of nitrogens with one attached hydrogen (secondary N) is 2. The van der Waals surface area contributed by atoms with Crippen molar-refractivity contribution in [2.75, 3.05) is 12.4 Å². The summed E-state index contributed by atoms with van der Waals surface area (Å²) >= 11 is 0. The smallest absolute Gasteiger partial charge is 0.303 e. The Morgan fingerprint density at radius 2 is 1.93 bits per heavy atom. The highest BCUT2D eigenvalue weighted by atomic mass is 16.5. The second kappa shape index (κ2) is 7.91. The number of H-pyrrole nitrogens is 1. The van der Waals surface area contributed by atoms with Crippen LogP contribution in [0.5, 0.6) is 5.75 Å². The molecule has 0 fully saturated rings. The highest BCUT2D eigenvalue weighted by Gasteiger charge is 2.25. The second-order valence-corrected chi connectivity index (χ2v) is 7.29. The first-order chi connectivity index (χ1) is 14.4. The fourth-order valence-electron chi connectivity index (χ4n) is 3.71. The van der Waals surface area contributed by atoms with E-state index in [1.54, 1.807) is 13.2 Å². The van der Waals surface area contributed by atoms with Gasteiger partial charge in [0.1, 0.15) is 5.75 Å². The molecule has 4 rings (SSSR count). The monoisotopic (exact) mass is 402 g/mol. The van der Waals surface area contributed by atoms with E-state index in [9.17, 15) is 9.59 Å². The molecule has 3 aromatic rings. The van der Waals surface area contributed by atoms with Crippen LogP contribution in [0.2, 0.25) is 0 Å². The van der Waals surface area contributed by atoms with Crippen molar-refractivity contribution in [2.24, 2.45) is 0 Å². The molecule has 0 saturated heterocycles. The van der Waals surface area contributed by atoms with Gasteiger partial charge in [-0.05, 0) is 60.4 Å². The lowest BCUT2D eigenvalue weighted by Gasteiger charge is -2.07. The minimum Gasteiger partial charge on any atom is -0.497 e. The third kappa shape index (κ3) is 3.85. The number of benzene rings is 2. The molecule has 1 aliphatic heterocycles. The van der Waals surface area contributed by atoms with E-state index in [1.807, 2.05) is 55.5 Å². The van der Waals surface area contributed by atoms with E-state index in [4.69, 9.17) is 9.84 Å². The predicted octanol–water partition coefficient (Wildman–Crippen LogP) is 4.51. The fraction of sp³-hybridized carbons (Fsp3) is 0.167. The van der Waals surface area contributed by atoms with E-state index >= 15 is 0 Å². The lowest BCUT2D eigenvalue weighted by molar-refractivity contribution is -0.137. The zero-order valence-corrected chi connectivity index (χ0v) is 16.8. The van der Waals surface area contributed by atoms with Crippen molar-refractivity contribution in [2.45, 2.75) is 19.8 Å². The first-order valence-electron chi connectivity index (χ1n) is 9.67. The second-order valence-electron chi connectivity index (χ2n) is 7.29. The molecule has 1 aliphatic rings. The number of methoxy groups -OCH3 is 1. The Bertz CT molecular complexity index is 1170. The number of fused-ring (bicyclic) bond motifs is 1. The number of amides is 1. The van der Waals surface area contributed by atoms with Crippen molar-refractivity contribution in [1.29, 1.82) is 0 Å². The molecule has 2 heterocycles. The van der Waals surface area contributed by atoms with Crippen LogP contribution in [0.15, 0.2) is 48.5 Å². The Morgan fingerprint density at radius 3 is 2.70 bits per heavy atom. The van der Waals surface area contributed by atoms with Gasteiger partial charge in [-0.15, -0.1) is 0 Å². The number of ether oxygens (including phenoxy) is 1. The number of rotatable bonds is 6. The van der Waals surface area contributed by atoms with Crippen LogP contribution in [0.1, 0.15) is 28.9 Å². The Kier molecular flexibility index (Phi) is 5.14. The van der Waals surface area contributed by atoms with Gasteiger partial charge in [-0.1, -0.05) is 24.3 Å². The Hall–Kier alpha value is -3.80. The van der Waals surface area contributed by atoms with Gasteiger partial charge in [0.25, 0.3) is 5.91 Å². The van der Waals surface area contributed by atoms with E-state index in [1.165, 1.54) is 0 Å². The van der Waals surface area contributed by atoms with Crippen molar-refractivity contribution in [1.82, 2.24) is 4.98 Å². The van der Waals surface area contributed by atoms with Gasteiger partial charge in [-0.25, -0.2) is 0 Å². The van der Waals surface area contributed by atoms with Crippen LogP contribution >= 0.6 is 0 Å². The van der Waals surface area contributed by atoms with E-state index < -0.39 is 5.97 Å². The Morgan fingerprint density at radius 1 is 1.13 bits per heavy atom. The van der Waals surface area contributed by atoms with Crippen LogP contribution in [0.3, 0.4) is 0 Å². The zero-order valence-electron chi connectivity index (χ0n) is 16.8. The predicted molar refractivity (Wildman–Crippen MR) is 116 cm³/mol. The summed E-state index contributed by atoms with van der Waals surface area (Å²) in [5, 5.41) is 11.9. The largest absolute Gasteiger partial charge is 0.497 e. The molecule has 0 aliphatic carbocycles. The summed E-state index contributed by atoms with van der Waals surface area (Å²) in [7, 11) is 1.63. The number of aryl methyl sites for hydroxylation is 2. The number of aromatic amines is 1. The number of hydrogen-bond acceptors (Lipinski definition) is 3. The molecule has 6 heteroatoms. The number of anilines is 1. The minimum absolute atomic E-state index is 0.0418. The maximum atomic E-state index is 12.7. The van der Waals surface area contributed by atoms with Crippen LogP contribution in [-0.2, 0) is 16.0 Å². The van der Waals surface area contributed by atoms with Crippen molar-refractivity contribution in [3.8, 4) is 16.9 Å². The summed E-state index contributed by atoms with van der Waals surface area (Å²) in [6.45, 7) is 1.91. The molecule has 6 nitrogen and oxygen atoms in total. The normalized spacial score (nSPS) is 13.9. The SMILES string of the molecule is COc1cccc(-c2ccc3c(c2)NC(=O)/C3=C\c2[nH]c(C)cc2CCC(=O)O)c1. The number of carboxylic acid groups (broad SMARTS) is 1. The van der Waals surface area contributed by atoms with Gasteiger partial charge in [-0.2, -0.15) is 0 Å². The summed E-state index contributed by atoms with van der Waals surface area (Å²) in [6, 6.07) is 15.5. The lowest BCUT2D eigenvalue weighted by atomic mass is 9.99. The van der Waals surface area contributed by atoms with Gasteiger partial charge in [0.05, 0.1) is 12.7 Å². The third-order valence-corrected chi connectivity index (χ3v) is 5.17. The quantitative estimate of drug-likeness (QED) is 0.529. The summed E-state index contributed by atoms with van der Waals surface area (Å²) < 4.78 is 5.30. The highest BCUT2D eigenvalue weighted by molar-refractivity contribution is 6.35. The molecule has 2 aromatic carbocycles. The maximum absolute atomic E-state index is 12.7. The number of hydrogen-bond donors (Lipinski definition) is 3. The number of carboxylic acids is 1. The van der Waals surface area contributed by atoms with E-state index in [0.29, 0.717) is 12.0 Å². The van der Waals surface area contributed by atoms with E-state index in [0.717, 1.165) is 45.1 Å². The summed E-state index contributed by atoms with van der Waals surface area (Å²) in [5.74, 6) is -0.251. The van der Waals surface area contributed by atoms with E-state index in [-0.39, 0.29) is 12.3 Å². The van der Waals surface area contributed by atoms with Crippen LogP contribution in [0.4, 0.5) is 5.69 Å². The van der Waals surface area contributed by atoms with Crippen LogP contribution in [0.25, 0.3) is 22.8 Å². The van der Waals surface area contributed by atoms with Gasteiger partial charge in [0.15, 0.2) is 0 Å². The molecule has 1 aromatic heterocycles. The maximum Gasteiger partial charge on any atom is 0.303 e. The number of aromatic nitrogens is 1. The molecule has 0 spiro atoms. The first kappa shape index (κ1) is 19.5. The topological polar surface area (TPSA) is 91.4 Å². The average Bonchev–Trinajstić information content (AvgIpc) is 3.24. The summed E-state index contributed by atoms with van der Waals surface area (Å²) in [6.07, 6.45) is 2.25. The molecule has 0 bridgehead atoms. The van der Waals surface area contributed by atoms with Gasteiger partial charge < -0.3 is 20.1 Å². The van der Waals surface area contributed by atoms with Crippen LogP contribution in [-0.4, -0.2) is 29.1 Å². The molecule has 0 saturated carbocycles. The standard InChI is InChI=1S/C24H22N2O4/c1-14-10-17(7-9-23(27)28)21(25-14)13-20-19-8-6-16(12-22(19)26-24(20)29)15-4-3-5-18(11-15)30-2/h3-6,8,10-13,25H,7,9H2,1-2H3,(H,26,29)(H,27,28)/b20-13-. The Balaban J connectivity index is 1.69. The molecular weight excluding hydrogens is 380 g/mol. The minimum atomic E-state index is -0.846. The van der Waals surface area contributed by atoms with Crippen LogP contribution < -0.4 is 10.1 Å². The molecule has 0 atom stereocenters. The fourth-order valence-corrected chi connectivity index (χ4v) is 3.71. The average molecular weight is 402 g/mol. The van der Waals surface area contributed by atoms with Crippen molar-refractivity contribution < 1.29 is 19.4 Å². The molecule has 3 N–H and O–H groups in total. The number of carbonyl (C=O) groups excluding carboxylic acids is 1. The first-order valence-corrected chi connectivity index (χ1v) is 9.67. The van der Waals surface area contributed by atoms with Crippen LogP contribution in [0, 0.1) is 6.92 Å². The molecule has 1 amide bonds. The molecule has 30 heavy (non-hydrogen) atoms. The molecule has 152 valence electrons. The lowest BCUT2D eigenvalue weighted by Crippen LogP contribution is -2.04. The van der Waals surface area contributed by atoms with Gasteiger partial charge in [-0.3, -0.25) is 9.59 Å². The summed E-state index contributed by atoms with van der Waals surface area (Å²) in [5.41, 5.74) is 6.69. The third-order valence-electron chi connectivity index (χ3n) is 5.17. The zero-order chi connectivity index (χ0) is 21.3.